The fraction of sp³-hybridized carbons (Fsp3) is 0.533. The topological polar surface area (TPSA) is 29.5 Å². The van der Waals surface area contributed by atoms with Gasteiger partial charge < -0.3 is 9.64 Å². The van der Waals surface area contributed by atoms with Crippen LogP contribution in [0.3, 0.4) is 0 Å². The Hall–Kier alpha value is -1.35. The quantitative estimate of drug-likeness (QED) is 0.800. The largest absolute Gasteiger partial charge is 0.363 e. The van der Waals surface area contributed by atoms with Crippen LogP contribution in [0.25, 0.3) is 0 Å². The van der Waals surface area contributed by atoms with Gasteiger partial charge in [0.2, 0.25) is 5.91 Å². The lowest BCUT2D eigenvalue weighted by molar-refractivity contribution is -0.163. The Balaban J connectivity index is 1.72. The van der Waals surface area contributed by atoms with Crippen molar-refractivity contribution in [2.75, 3.05) is 13.2 Å². The summed E-state index contributed by atoms with van der Waals surface area (Å²) >= 11 is 0. The van der Waals surface area contributed by atoms with Crippen LogP contribution in [0.2, 0.25) is 0 Å². The molecule has 1 amide bonds. The molecule has 1 aromatic carbocycles. The lowest BCUT2D eigenvalue weighted by atomic mass is 9.99. The molecule has 0 N–H and O–H groups in total. The van der Waals surface area contributed by atoms with Crippen molar-refractivity contribution in [3.05, 3.63) is 35.9 Å². The molecule has 2 fully saturated rings. The number of hydrogen-bond acceptors (Lipinski definition) is 2. The smallest absolute Gasteiger partial charge is 0.248 e. The van der Waals surface area contributed by atoms with E-state index in [0.717, 1.165) is 19.4 Å². The second-order valence-corrected chi connectivity index (χ2v) is 5.41. The average Bonchev–Trinajstić information content (AvgIpc) is 2.84. The van der Waals surface area contributed by atoms with Crippen LogP contribution in [0.15, 0.2) is 30.3 Å². The number of morpholine rings is 1. The average molecular weight is 245 g/mol. The van der Waals surface area contributed by atoms with Crippen molar-refractivity contribution in [1.29, 1.82) is 0 Å². The molecule has 0 unspecified atom stereocenters. The molecule has 1 saturated heterocycles. The monoisotopic (exact) mass is 245 g/mol. The molecule has 1 saturated carbocycles. The number of carbonyl (C=O) groups excluding carboxylic acids is 1. The summed E-state index contributed by atoms with van der Waals surface area (Å²) in [5.41, 5.74) is 1.16. The summed E-state index contributed by atoms with van der Waals surface area (Å²) in [6, 6.07) is 10.2. The van der Waals surface area contributed by atoms with Crippen LogP contribution < -0.4 is 0 Å². The third-order valence-corrected chi connectivity index (χ3v) is 4.06. The molecule has 2 aliphatic rings. The molecule has 0 aromatic heterocycles. The summed E-state index contributed by atoms with van der Waals surface area (Å²) in [6.07, 6.45) is 4.66. The molecular weight excluding hydrogens is 226 g/mol. The molecule has 1 heterocycles. The molecule has 96 valence electrons. The van der Waals surface area contributed by atoms with E-state index in [-0.39, 0.29) is 18.1 Å². The maximum Gasteiger partial charge on any atom is 0.248 e. The van der Waals surface area contributed by atoms with Gasteiger partial charge in [0.1, 0.15) is 6.61 Å². The van der Waals surface area contributed by atoms with Gasteiger partial charge in [0.15, 0.2) is 0 Å². The molecule has 18 heavy (non-hydrogen) atoms. The molecule has 0 atom stereocenters. The van der Waals surface area contributed by atoms with Gasteiger partial charge in [0, 0.05) is 6.54 Å². The van der Waals surface area contributed by atoms with Gasteiger partial charge >= 0.3 is 0 Å². The molecule has 1 spiro atoms. The highest BCUT2D eigenvalue weighted by atomic mass is 16.5. The van der Waals surface area contributed by atoms with Gasteiger partial charge in [-0.15, -0.1) is 0 Å². The second-order valence-electron chi connectivity index (χ2n) is 5.41. The van der Waals surface area contributed by atoms with Gasteiger partial charge in [-0.2, -0.15) is 0 Å². The first kappa shape index (κ1) is 11.7. The Kier molecular flexibility index (Phi) is 3.08. The lowest BCUT2D eigenvalue weighted by Gasteiger charge is -2.40. The van der Waals surface area contributed by atoms with E-state index in [4.69, 9.17) is 4.74 Å². The van der Waals surface area contributed by atoms with Crippen LogP contribution >= 0.6 is 0 Å². The predicted molar refractivity (Wildman–Crippen MR) is 69.0 cm³/mol. The van der Waals surface area contributed by atoms with Crippen LogP contribution in [0.5, 0.6) is 0 Å². The van der Waals surface area contributed by atoms with E-state index < -0.39 is 0 Å². The van der Waals surface area contributed by atoms with Crippen molar-refractivity contribution in [2.45, 2.75) is 37.8 Å². The van der Waals surface area contributed by atoms with Gasteiger partial charge in [-0.05, 0) is 18.4 Å². The minimum atomic E-state index is -0.0390. The Morgan fingerprint density at radius 2 is 1.89 bits per heavy atom. The lowest BCUT2D eigenvalue weighted by Crippen LogP contribution is -2.52. The summed E-state index contributed by atoms with van der Waals surface area (Å²) in [7, 11) is 0. The molecule has 3 heteroatoms. The summed E-state index contributed by atoms with van der Waals surface area (Å²) in [5.74, 6) is 0.122. The number of hydrogen-bond donors (Lipinski definition) is 0. The molecule has 1 aliphatic heterocycles. The fourth-order valence-corrected chi connectivity index (χ4v) is 3.06. The first-order valence-corrected chi connectivity index (χ1v) is 6.73. The molecular formula is C15H19NO2. The van der Waals surface area contributed by atoms with Crippen LogP contribution in [-0.2, 0) is 16.1 Å². The first-order chi connectivity index (χ1) is 8.77. The highest BCUT2D eigenvalue weighted by molar-refractivity contribution is 5.78. The van der Waals surface area contributed by atoms with Gasteiger partial charge in [0.05, 0.1) is 12.1 Å². The second kappa shape index (κ2) is 4.73. The molecule has 1 aliphatic carbocycles. The number of benzene rings is 1. The zero-order valence-electron chi connectivity index (χ0n) is 10.6. The van der Waals surface area contributed by atoms with Crippen molar-refractivity contribution in [3.63, 3.8) is 0 Å². The van der Waals surface area contributed by atoms with Crippen molar-refractivity contribution in [2.24, 2.45) is 0 Å². The van der Waals surface area contributed by atoms with E-state index in [1.165, 1.54) is 18.4 Å². The van der Waals surface area contributed by atoms with Crippen molar-refractivity contribution < 1.29 is 9.53 Å². The van der Waals surface area contributed by atoms with Crippen LogP contribution in [-0.4, -0.2) is 29.6 Å². The SMILES string of the molecule is O=C1COC2(CCCC2)CN1Cc1ccccc1. The maximum absolute atomic E-state index is 11.9. The highest BCUT2D eigenvalue weighted by Crippen LogP contribution is 2.36. The van der Waals surface area contributed by atoms with E-state index in [0.29, 0.717) is 6.54 Å². The standard InChI is InChI=1S/C15H19NO2/c17-14-11-18-15(8-4-5-9-15)12-16(14)10-13-6-2-1-3-7-13/h1-3,6-7H,4-5,8-12H2. The Morgan fingerprint density at radius 3 is 2.61 bits per heavy atom. The number of amides is 1. The van der Waals surface area contributed by atoms with Crippen molar-refractivity contribution in [3.8, 4) is 0 Å². The summed E-state index contributed by atoms with van der Waals surface area (Å²) in [5, 5.41) is 0. The van der Waals surface area contributed by atoms with Crippen molar-refractivity contribution >= 4 is 5.91 Å². The van der Waals surface area contributed by atoms with Crippen LogP contribution in [0.1, 0.15) is 31.2 Å². The zero-order valence-corrected chi connectivity index (χ0v) is 10.6. The minimum absolute atomic E-state index is 0.0390. The number of carbonyl (C=O) groups is 1. The number of nitrogens with zero attached hydrogens (tertiary/aromatic N) is 1. The van der Waals surface area contributed by atoms with E-state index in [1.54, 1.807) is 0 Å². The molecule has 3 nitrogen and oxygen atoms in total. The van der Waals surface area contributed by atoms with Gasteiger partial charge in [-0.25, -0.2) is 0 Å². The van der Waals surface area contributed by atoms with Gasteiger partial charge in [-0.3, -0.25) is 4.79 Å². The highest BCUT2D eigenvalue weighted by Gasteiger charge is 2.41. The summed E-state index contributed by atoms with van der Waals surface area (Å²) in [4.78, 5) is 13.9. The van der Waals surface area contributed by atoms with E-state index in [9.17, 15) is 4.79 Å². The molecule has 1 aromatic rings. The minimum Gasteiger partial charge on any atom is -0.363 e. The van der Waals surface area contributed by atoms with Crippen LogP contribution in [0.4, 0.5) is 0 Å². The van der Waals surface area contributed by atoms with Crippen LogP contribution in [0, 0.1) is 0 Å². The Bertz CT molecular complexity index is 423. The molecule has 0 bridgehead atoms. The van der Waals surface area contributed by atoms with E-state index in [1.807, 2.05) is 23.1 Å². The first-order valence-electron chi connectivity index (χ1n) is 6.73. The third kappa shape index (κ3) is 2.27. The predicted octanol–water partition coefficient (Wildman–Crippen LogP) is 2.36. The summed E-state index contributed by atoms with van der Waals surface area (Å²) in [6.45, 7) is 1.73. The zero-order chi connectivity index (χ0) is 12.4. The van der Waals surface area contributed by atoms with E-state index >= 15 is 0 Å². The Labute approximate surface area is 108 Å². The molecule has 0 radical (unpaired) electrons. The summed E-state index contributed by atoms with van der Waals surface area (Å²) < 4.78 is 5.82. The van der Waals surface area contributed by atoms with Crippen molar-refractivity contribution in [1.82, 2.24) is 4.90 Å². The fourth-order valence-electron chi connectivity index (χ4n) is 3.06. The molecule has 3 rings (SSSR count). The van der Waals surface area contributed by atoms with E-state index in [2.05, 4.69) is 12.1 Å². The van der Waals surface area contributed by atoms with Gasteiger partial charge in [0.25, 0.3) is 0 Å². The Morgan fingerprint density at radius 1 is 1.17 bits per heavy atom. The third-order valence-electron chi connectivity index (χ3n) is 4.06. The number of rotatable bonds is 2. The van der Waals surface area contributed by atoms with Gasteiger partial charge in [-0.1, -0.05) is 43.2 Å². The maximum atomic E-state index is 11.9. The number of ether oxygens (including phenoxy) is 1. The normalized spacial score (nSPS) is 22.7.